The zero-order chi connectivity index (χ0) is 11.5. The molecule has 0 spiro atoms. The fourth-order valence-electron chi connectivity index (χ4n) is 1.80. The smallest absolute Gasteiger partial charge is 0.123 e. The van der Waals surface area contributed by atoms with Gasteiger partial charge in [-0.05, 0) is 13.5 Å². The fourth-order valence-corrected chi connectivity index (χ4v) is 2.71. The number of likely N-dealkylation sites (N-methyl/N-ethyl adjacent to an activating group) is 1. The Morgan fingerprint density at radius 1 is 1.75 bits per heavy atom. The van der Waals surface area contributed by atoms with Crippen LogP contribution in [0.5, 0.6) is 0 Å². The molecule has 90 valence electrons. The first-order chi connectivity index (χ1) is 7.70. The van der Waals surface area contributed by atoms with Gasteiger partial charge in [0.1, 0.15) is 11.1 Å². The largest absolute Gasteiger partial charge is 0.368 e. The summed E-state index contributed by atoms with van der Waals surface area (Å²) < 4.78 is 5.75. The number of nitrogens with zero attached hydrogens (tertiary/aromatic N) is 2. The first-order valence-electron chi connectivity index (χ1n) is 5.76. The minimum Gasteiger partial charge on any atom is -0.368 e. The number of morpholine rings is 1. The van der Waals surface area contributed by atoms with Crippen LogP contribution < -0.4 is 5.73 Å². The van der Waals surface area contributed by atoms with Gasteiger partial charge in [-0.1, -0.05) is 6.92 Å². The second-order valence-corrected chi connectivity index (χ2v) is 5.24. The lowest BCUT2D eigenvalue weighted by molar-refractivity contribution is -0.0282. The average molecular weight is 241 g/mol. The maximum atomic E-state index is 5.83. The summed E-state index contributed by atoms with van der Waals surface area (Å²) in [4.78, 5) is 7.94. The van der Waals surface area contributed by atoms with Crippen molar-refractivity contribution < 1.29 is 4.74 Å². The van der Waals surface area contributed by atoms with Crippen LogP contribution in [0.15, 0.2) is 6.20 Å². The van der Waals surface area contributed by atoms with Crippen molar-refractivity contribution in [3.63, 3.8) is 0 Å². The highest BCUT2D eigenvalue weighted by molar-refractivity contribution is 7.11. The minimum atomic E-state index is 0.0668. The molecule has 2 rings (SSSR count). The molecule has 1 saturated heterocycles. The Balaban J connectivity index is 2.05. The van der Waals surface area contributed by atoms with Gasteiger partial charge >= 0.3 is 0 Å². The lowest BCUT2D eigenvalue weighted by Crippen LogP contribution is -2.37. The molecule has 0 radical (unpaired) electrons. The van der Waals surface area contributed by atoms with E-state index in [0.717, 1.165) is 36.1 Å². The third-order valence-corrected chi connectivity index (χ3v) is 4.15. The number of ether oxygens (including phenoxy) is 1. The van der Waals surface area contributed by atoms with Gasteiger partial charge in [0.25, 0.3) is 0 Å². The highest BCUT2D eigenvalue weighted by atomic mass is 32.1. The summed E-state index contributed by atoms with van der Waals surface area (Å²) in [5, 5.41) is 1.06. The van der Waals surface area contributed by atoms with Gasteiger partial charge < -0.3 is 10.5 Å². The van der Waals surface area contributed by atoms with Gasteiger partial charge in [0.2, 0.25) is 0 Å². The third-order valence-electron chi connectivity index (χ3n) is 2.86. The molecule has 0 bridgehead atoms. The molecular weight excluding hydrogens is 222 g/mol. The molecule has 1 aliphatic heterocycles. The van der Waals surface area contributed by atoms with E-state index in [9.17, 15) is 0 Å². The number of nitrogens with two attached hydrogens (primary N) is 1. The SMILES string of the molecule is CCN1CCOC(c2ncc(C(C)N)s2)C1. The van der Waals surface area contributed by atoms with Crippen molar-refractivity contribution in [2.45, 2.75) is 26.0 Å². The molecule has 1 aromatic rings. The topological polar surface area (TPSA) is 51.4 Å². The van der Waals surface area contributed by atoms with E-state index < -0.39 is 0 Å². The van der Waals surface area contributed by atoms with Crippen LogP contribution in [-0.4, -0.2) is 36.1 Å². The quantitative estimate of drug-likeness (QED) is 0.872. The molecule has 0 aromatic carbocycles. The van der Waals surface area contributed by atoms with Crippen LogP contribution in [0.25, 0.3) is 0 Å². The predicted octanol–water partition coefficient (Wildman–Crippen LogP) is 1.56. The highest BCUT2D eigenvalue weighted by Gasteiger charge is 2.23. The van der Waals surface area contributed by atoms with Crippen LogP contribution in [0.3, 0.4) is 0 Å². The van der Waals surface area contributed by atoms with Gasteiger partial charge in [0.05, 0.1) is 6.61 Å². The minimum absolute atomic E-state index is 0.0668. The molecule has 0 amide bonds. The van der Waals surface area contributed by atoms with Crippen molar-refractivity contribution in [1.29, 1.82) is 0 Å². The van der Waals surface area contributed by atoms with E-state index >= 15 is 0 Å². The number of hydrogen-bond donors (Lipinski definition) is 1. The number of hydrogen-bond acceptors (Lipinski definition) is 5. The Labute approximate surface area is 100 Å². The second-order valence-electron chi connectivity index (χ2n) is 4.14. The first kappa shape index (κ1) is 12.0. The summed E-state index contributed by atoms with van der Waals surface area (Å²) in [5.41, 5.74) is 5.83. The van der Waals surface area contributed by atoms with E-state index in [0.29, 0.717) is 0 Å². The highest BCUT2D eigenvalue weighted by Crippen LogP contribution is 2.28. The van der Waals surface area contributed by atoms with E-state index in [1.54, 1.807) is 11.3 Å². The van der Waals surface area contributed by atoms with E-state index in [1.807, 2.05) is 13.1 Å². The summed E-state index contributed by atoms with van der Waals surface area (Å²) in [6.07, 6.45) is 2.00. The molecule has 0 saturated carbocycles. The summed E-state index contributed by atoms with van der Waals surface area (Å²) in [5.74, 6) is 0. The Morgan fingerprint density at radius 2 is 2.56 bits per heavy atom. The van der Waals surface area contributed by atoms with E-state index in [1.165, 1.54) is 0 Å². The molecule has 1 aromatic heterocycles. The zero-order valence-corrected chi connectivity index (χ0v) is 10.7. The molecular formula is C11H19N3OS. The van der Waals surface area contributed by atoms with Crippen LogP contribution >= 0.6 is 11.3 Å². The molecule has 4 nitrogen and oxygen atoms in total. The van der Waals surface area contributed by atoms with Crippen LogP contribution in [0.4, 0.5) is 0 Å². The normalized spacial score (nSPS) is 24.6. The van der Waals surface area contributed by atoms with Gasteiger partial charge in [0, 0.05) is 30.2 Å². The third kappa shape index (κ3) is 2.60. The van der Waals surface area contributed by atoms with Crippen molar-refractivity contribution in [3.8, 4) is 0 Å². The zero-order valence-electron chi connectivity index (χ0n) is 9.85. The predicted molar refractivity (Wildman–Crippen MR) is 65.5 cm³/mol. The molecule has 2 heterocycles. The van der Waals surface area contributed by atoms with Crippen molar-refractivity contribution >= 4 is 11.3 Å². The molecule has 1 fully saturated rings. The summed E-state index contributed by atoms with van der Waals surface area (Å²) in [7, 11) is 0. The average Bonchev–Trinajstić information content (AvgIpc) is 2.78. The van der Waals surface area contributed by atoms with Crippen molar-refractivity contribution in [1.82, 2.24) is 9.88 Å². The number of aromatic nitrogens is 1. The Kier molecular flexibility index (Phi) is 3.91. The van der Waals surface area contributed by atoms with Gasteiger partial charge in [-0.25, -0.2) is 4.98 Å². The summed E-state index contributed by atoms with van der Waals surface area (Å²) >= 11 is 1.67. The molecule has 16 heavy (non-hydrogen) atoms. The monoisotopic (exact) mass is 241 g/mol. The number of thiazole rings is 1. The Hall–Kier alpha value is -0.490. The standard InChI is InChI=1S/C11H19N3OS/c1-3-14-4-5-15-9(7-14)11-13-6-10(16-11)8(2)12/h6,8-9H,3-5,7,12H2,1-2H3. The van der Waals surface area contributed by atoms with Gasteiger partial charge in [-0.3, -0.25) is 4.90 Å². The van der Waals surface area contributed by atoms with Gasteiger partial charge in [0.15, 0.2) is 0 Å². The maximum absolute atomic E-state index is 5.83. The van der Waals surface area contributed by atoms with Crippen molar-refractivity contribution in [2.75, 3.05) is 26.2 Å². The first-order valence-corrected chi connectivity index (χ1v) is 6.57. The fraction of sp³-hybridized carbons (Fsp3) is 0.727. The van der Waals surface area contributed by atoms with Gasteiger partial charge in [-0.2, -0.15) is 0 Å². The number of rotatable bonds is 3. The molecule has 2 N–H and O–H groups in total. The van der Waals surface area contributed by atoms with Crippen LogP contribution in [0.1, 0.15) is 35.9 Å². The molecule has 1 aliphatic rings. The van der Waals surface area contributed by atoms with E-state index in [2.05, 4.69) is 16.8 Å². The molecule has 2 atom stereocenters. The molecule has 0 aliphatic carbocycles. The summed E-state index contributed by atoms with van der Waals surface area (Å²) in [6, 6.07) is 0.0668. The Morgan fingerprint density at radius 3 is 3.19 bits per heavy atom. The summed E-state index contributed by atoms with van der Waals surface area (Å²) in [6.45, 7) is 8.01. The van der Waals surface area contributed by atoms with Crippen molar-refractivity contribution in [3.05, 3.63) is 16.1 Å². The lowest BCUT2D eigenvalue weighted by atomic mass is 10.3. The van der Waals surface area contributed by atoms with Crippen LogP contribution in [0, 0.1) is 0 Å². The maximum Gasteiger partial charge on any atom is 0.123 e. The van der Waals surface area contributed by atoms with E-state index in [-0.39, 0.29) is 12.1 Å². The van der Waals surface area contributed by atoms with Crippen molar-refractivity contribution in [2.24, 2.45) is 5.73 Å². The van der Waals surface area contributed by atoms with E-state index in [4.69, 9.17) is 10.5 Å². The van der Waals surface area contributed by atoms with Crippen LogP contribution in [-0.2, 0) is 4.74 Å². The van der Waals surface area contributed by atoms with Gasteiger partial charge in [-0.15, -0.1) is 11.3 Å². The Bertz CT molecular complexity index is 340. The second kappa shape index (κ2) is 5.23. The lowest BCUT2D eigenvalue weighted by Gasteiger charge is -2.30. The molecule has 5 heteroatoms. The van der Waals surface area contributed by atoms with Crippen LogP contribution in [0.2, 0.25) is 0 Å². The molecule has 2 unspecified atom stereocenters.